The average Bonchev–Trinajstić information content (AvgIpc) is 3.22. The summed E-state index contributed by atoms with van der Waals surface area (Å²) in [6.07, 6.45) is 4.90. The summed E-state index contributed by atoms with van der Waals surface area (Å²) in [5, 5.41) is 0. The molecule has 2 bridgehead atoms. The number of rotatable bonds is 2. The molecule has 2 fully saturated rings. The van der Waals surface area contributed by atoms with Crippen molar-refractivity contribution in [2.24, 2.45) is 17.8 Å². The largest absolute Gasteiger partial charge is 0.447 e. The molecule has 4 rings (SSSR count). The molecular weight excluding hydrogens is 266 g/mol. The van der Waals surface area contributed by atoms with Crippen molar-refractivity contribution in [3.05, 3.63) is 48.0 Å². The van der Waals surface area contributed by atoms with E-state index in [4.69, 9.17) is 4.74 Å². The van der Waals surface area contributed by atoms with Crippen molar-refractivity contribution < 1.29 is 14.3 Å². The molecule has 0 aromatic heterocycles. The molecule has 4 heteroatoms. The van der Waals surface area contributed by atoms with Gasteiger partial charge in [-0.3, -0.25) is 4.79 Å². The summed E-state index contributed by atoms with van der Waals surface area (Å²) in [5.74, 6) is 0.643. The number of ether oxygens (including phenoxy) is 1. The number of hydrogen-bond acceptors (Lipinski definition) is 3. The Balaban J connectivity index is 1.68. The summed E-state index contributed by atoms with van der Waals surface area (Å²) in [5.41, 5.74) is 1.19. The van der Waals surface area contributed by atoms with Crippen molar-refractivity contribution in [1.29, 1.82) is 0 Å². The summed E-state index contributed by atoms with van der Waals surface area (Å²) in [4.78, 5) is 25.8. The third-order valence-corrected chi connectivity index (χ3v) is 4.96. The topological polar surface area (TPSA) is 46.6 Å². The predicted molar refractivity (Wildman–Crippen MR) is 76.5 cm³/mol. The third-order valence-electron chi connectivity index (χ3n) is 4.96. The van der Waals surface area contributed by atoms with E-state index < -0.39 is 6.09 Å². The Hall–Kier alpha value is -2.10. The van der Waals surface area contributed by atoms with Crippen molar-refractivity contribution in [2.75, 3.05) is 13.2 Å². The van der Waals surface area contributed by atoms with Crippen LogP contribution in [0.3, 0.4) is 0 Å². The van der Waals surface area contributed by atoms with Crippen LogP contribution >= 0.6 is 0 Å². The van der Waals surface area contributed by atoms with Crippen LogP contribution in [-0.4, -0.2) is 30.1 Å². The normalized spacial score (nSPS) is 33.5. The standard InChI is InChI=1S/C17H17NO3/c19-16(18-8-9-21-17(18)20)15-13-7-6-12(10-13)14(15)11-4-2-1-3-5-11/h1-7,12-15H,8-10H2/t12-,13+,14-,15+/m1/s1. The van der Waals surface area contributed by atoms with Crippen LogP contribution in [0, 0.1) is 17.8 Å². The van der Waals surface area contributed by atoms with Crippen LogP contribution in [0.1, 0.15) is 17.9 Å². The Morgan fingerprint density at radius 3 is 2.62 bits per heavy atom. The number of benzene rings is 1. The lowest BCUT2D eigenvalue weighted by Crippen LogP contribution is -2.40. The van der Waals surface area contributed by atoms with Gasteiger partial charge in [-0.1, -0.05) is 42.5 Å². The van der Waals surface area contributed by atoms with Gasteiger partial charge in [0.2, 0.25) is 5.91 Å². The maximum atomic E-state index is 12.8. The molecule has 2 aliphatic carbocycles. The van der Waals surface area contributed by atoms with Crippen LogP contribution in [0.2, 0.25) is 0 Å². The van der Waals surface area contributed by atoms with E-state index in [1.807, 2.05) is 18.2 Å². The summed E-state index contributed by atoms with van der Waals surface area (Å²) in [6.45, 7) is 0.702. The van der Waals surface area contributed by atoms with Crippen LogP contribution < -0.4 is 0 Å². The molecule has 0 N–H and O–H groups in total. The van der Waals surface area contributed by atoms with Crippen molar-refractivity contribution in [3.8, 4) is 0 Å². The first-order valence-corrected chi connectivity index (χ1v) is 7.47. The fourth-order valence-corrected chi connectivity index (χ4v) is 4.06. The minimum Gasteiger partial charge on any atom is -0.447 e. The second kappa shape index (κ2) is 4.72. The number of imide groups is 1. The van der Waals surface area contributed by atoms with Gasteiger partial charge in [-0.25, -0.2) is 9.69 Å². The van der Waals surface area contributed by atoms with Crippen LogP contribution in [0.4, 0.5) is 4.79 Å². The van der Waals surface area contributed by atoms with Crippen molar-refractivity contribution in [2.45, 2.75) is 12.3 Å². The summed E-state index contributed by atoms with van der Waals surface area (Å²) >= 11 is 0. The molecule has 4 atom stereocenters. The number of nitrogens with zero attached hydrogens (tertiary/aromatic N) is 1. The van der Waals surface area contributed by atoms with E-state index in [0.717, 1.165) is 6.42 Å². The number of amides is 2. The second-order valence-electron chi connectivity index (χ2n) is 6.01. The molecule has 1 saturated carbocycles. The molecule has 1 heterocycles. The lowest BCUT2D eigenvalue weighted by Gasteiger charge is -2.29. The molecule has 0 radical (unpaired) electrons. The Bertz CT molecular complexity index is 610. The molecular formula is C17H17NO3. The van der Waals surface area contributed by atoms with E-state index in [1.165, 1.54) is 10.5 Å². The lowest BCUT2D eigenvalue weighted by molar-refractivity contribution is -0.133. The van der Waals surface area contributed by atoms with E-state index in [9.17, 15) is 9.59 Å². The maximum absolute atomic E-state index is 12.8. The van der Waals surface area contributed by atoms with Crippen molar-refractivity contribution in [3.63, 3.8) is 0 Å². The molecule has 3 aliphatic rings. The molecule has 1 aliphatic heterocycles. The summed E-state index contributed by atoms with van der Waals surface area (Å²) in [7, 11) is 0. The molecule has 1 aromatic rings. The number of cyclic esters (lactones) is 1. The average molecular weight is 283 g/mol. The maximum Gasteiger partial charge on any atom is 0.416 e. The SMILES string of the molecule is O=C1OCCN1C(=O)[C@@H]1[C@H](c2ccccc2)[C@@H]2C=C[C@H]1C2. The second-order valence-corrected chi connectivity index (χ2v) is 6.01. The predicted octanol–water partition coefficient (Wildman–Crippen LogP) is 2.57. The van der Waals surface area contributed by atoms with Gasteiger partial charge >= 0.3 is 6.09 Å². The number of fused-ring (bicyclic) bond motifs is 2. The van der Waals surface area contributed by atoms with Gasteiger partial charge in [0.15, 0.2) is 0 Å². The smallest absolute Gasteiger partial charge is 0.416 e. The molecule has 0 unspecified atom stereocenters. The van der Waals surface area contributed by atoms with Gasteiger partial charge < -0.3 is 4.74 Å². The van der Waals surface area contributed by atoms with Gasteiger partial charge in [-0.05, 0) is 23.8 Å². The molecule has 108 valence electrons. The van der Waals surface area contributed by atoms with E-state index in [2.05, 4.69) is 24.3 Å². The van der Waals surface area contributed by atoms with E-state index in [0.29, 0.717) is 19.1 Å². The first-order valence-electron chi connectivity index (χ1n) is 7.47. The number of hydrogen-bond donors (Lipinski definition) is 0. The molecule has 4 nitrogen and oxygen atoms in total. The van der Waals surface area contributed by atoms with Crippen molar-refractivity contribution in [1.82, 2.24) is 4.90 Å². The number of carbonyl (C=O) groups excluding carboxylic acids is 2. The fraction of sp³-hybridized carbons (Fsp3) is 0.412. The first-order chi connectivity index (χ1) is 10.3. The molecule has 0 spiro atoms. The van der Waals surface area contributed by atoms with Crippen LogP contribution in [0.15, 0.2) is 42.5 Å². The third kappa shape index (κ3) is 1.89. The monoisotopic (exact) mass is 283 g/mol. The highest BCUT2D eigenvalue weighted by Gasteiger charge is 2.51. The minimum absolute atomic E-state index is 0.0665. The van der Waals surface area contributed by atoms with Crippen LogP contribution in [0.5, 0.6) is 0 Å². The Morgan fingerprint density at radius 2 is 1.90 bits per heavy atom. The zero-order valence-corrected chi connectivity index (χ0v) is 11.6. The van der Waals surface area contributed by atoms with Gasteiger partial charge in [-0.15, -0.1) is 0 Å². The minimum atomic E-state index is -0.487. The van der Waals surface area contributed by atoms with Crippen molar-refractivity contribution >= 4 is 12.0 Å². The Kier molecular flexibility index (Phi) is 2.84. The Labute approximate surface area is 123 Å². The molecule has 1 aromatic carbocycles. The zero-order valence-electron chi connectivity index (χ0n) is 11.6. The van der Waals surface area contributed by atoms with Gasteiger partial charge in [0.1, 0.15) is 6.61 Å². The molecule has 21 heavy (non-hydrogen) atoms. The fourth-order valence-electron chi connectivity index (χ4n) is 4.06. The zero-order chi connectivity index (χ0) is 14.4. The highest BCUT2D eigenvalue weighted by atomic mass is 16.6. The Morgan fingerprint density at radius 1 is 1.14 bits per heavy atom. The van der Waals surface area contributed by atoms with Gasteiger partial charge in [0.25, 0.3) is 0 Å². The van der Waals surface area contributed by atoms with E-state index >= 15 is 0 Å². The van der Waals surface area contributed by atoms with E-state index in [-0.39, 0.29) is 23.7 Å². The number of allylic oxidation sites excluding steroid dienone is 2. The quantitative estimate of drug-likeness (QED) is 0.784. The van der Waals surface area contributed by atoms with Gasteiger partial charge in [0, 0.05) is 5.92 Å². The summed E-state index contributed by atoms with van der Waals surface area (Å²) in [6, 6.07) is 10.2. The van der Waals surface area contributed by atoms with Crippen LogP contribution in [-0.2, 0) is 9.53 Å². The highest BCUT2D eigenvalue weighted by molar-refractivity contribution is 5.95. The van der Waals surface area contributed by atoms with Gasteiger partial charge in [0.05, 0.1) is 12.5 Å². The van der Waals surface area contributed by atoms with Crippen LogP contribution in [0.25, 0.3) is 0 Å². The lowest BCUT2D eigenvalue weighted by atomic mass is 9.78. The highest BCUT2D eigenvalue weighted by Crippen LogP contribution is 2.53. The first kappa shape index (κ1) is 12.6. The molecule has 1 saturated heterocycles. The number of carbonyl (C=O) groups is 2. The van der Waals surface area contributed by atoms with Gasteiger partial charge in [-0.2, -0.15) is 0 Å². The summed E-state index contributed by atoms with van der Waals surface area (Å²) < 4.78 is 4.92. The molecule has 2 amide bonds. The van der Waals surface area contributed by atoms with E-state index in [1.54, 1.807) is 0 Å².